The van der Waals surface area contributed by atoms with Gasteiger partial charge in [0.1, 0.15) is 6.34 Å². The third kappa shape index (κ3) is 1.79. The number of hydrogen-bond acceptors (Lipinski definition) is 2. The molecule has 2 N–H and O–H groups in total. The summed E-state index contributed by atoms with van der Waals surface area (Å²) in [5.41, 5.74) is 0. The third-order valence-electron chi connectivity index (χ3n) is 1.47. The first-order chi connectivity index (χ1) is 4.43. The largest absolute Gasteiger partial charge is 0.305 e. The van der Waals surface area contributed by atoms with E-state index in [0.717, 1.165) is 0 Å². The van der Waals surface area contributed by atoms with Crippen LogP contribution >= 0.6 is 0 Å². The van der Waals surface area contributed by atoms with Gasteiger partial charge in [-0.15, -0.1) is 5.11 Å². The van der Waals surface area contributed by atoms with Crippen molar-refractivity contribution in [2.24, 2.45) is 21.2 Å². The van der Waals surface area contributed by atoms with Crippen LogP contribution < -0.4 is 5.84 Å². The third-order valence-corrected chi connectivity index (χ3v) is 1.47. The Morgan fingerprint density at radius 3 is 2.67 bits per heavy atom. The fraction of sp³-hybridized carbons (Fsp3) is 0.800. The Bertz CT molecular complexity index is 125. The van der Waals surface area contributed by atoms with E-state index in [9.17, 15) is 0 Å². The fourth-order valence-electron chi connectivity index (χ4n) is 0.690. The Morgan fingerprint density at radius 1 is 1.44 bits per heavy atom. The van der Waals surface area contributed by atoms with Gasteiger partial charge in [0.05, 0.1) is 6.04 Å². The summed E-state index contributed by atoms with van der Waals surface area (Å²) in [6.45, 7) is 0. The molecule has 0 saturated heterocycles. The van der Waals surface area contributed by atoms with Gasteiger partial charge in [-0.05, 0) is 19.3 Å². The van der Waals surface area contributed by atoms with Crippen molar-refractivity contribution in [3.05, 3.63) is 0 Å². The molecule has 0 heterocycles. The first-order valence-electron chi connectivity index (χ1n) is 3.05. The maximum Gasteiger partial charge on any atom is 0.134 e. The van der Waals surface area contributed by atoms with Crippen LogP contribution in [0.2, 0.25) is 0 Å². The molecule has 0 radical (unpaired) electrons. The predicted molar refractivity (Wildman–Crippen MR) is 35.2 cm³/mol. The Kier molecular flexibility index (Phi) is 2.18. The maximum atomic E-state index is 4.74. The molecule has 0 aliphatic heterocycles. The molecule has 1 saturated carbocycles. The van der Waals surface area contributed by atoms with Crippen molar-refractivity contribution in [2.75, 3.05) is 0 Å². The summed E-state index contributed by atoms with van der Waals surface area (Å²) in [6.07, 6.45) is 5.10. The van der Waals surface area contributed by atoms with Crippen molar-refractivity contribution in [3.63, 3.8) is 0 Å². The highest BCUT2D eigenvalue weighted by atomic mass is 15.3. The topological polar surface area (TPSA) is 63.1 Å². The molecule has 4 heteroatoms. The number of nitrogens with zero attached hydrogens (tertiary/aromatic N) is 3. The molecule has 1 aliphatic rings. The van der Waals surface area contributed by atoms with E-state index in [1.54, 1.807) is 0 Å². The van der Waals surface area contributed by atoms with Crippen LogP contribution in [0.5, 0.6) is 0 Å². The van der Waals surface area contributed by atoms with Gasteiger partial charge in [-0.2, -0.15) is 0 Å². The van der Waals surface area contributed by atoms with Gasteiger partial charge in [-0.1, -0.05) is 5.22 Å². The molecule has 0 aromatic heterocycles. The van der Waals surface area contributed by atoms with Gasteiger partial charge in [0.15, 0.2) is 0 Å². The van der Waals surface area contributed by atoms with Gasteiger partial charge < -0.3 is 5.84 Å². The molecule has 1 rings (SSSR count). The van der Waals surface area contributed by atoms with Crippen molar-refractivity contribution in [2.45, 2.75) is 25.3 Å². The zero-order valence-electron chi connectivity index (χ0n) is 5.20. The minimum absolute atomic E-state index is 0.496. The SMILES string of the molecule is NN=NC=NC1CCC1. The molecule has 1 aliphatic carbocycles. The second-order valence-electron chi connectivity index (χ2n) is 2.08. The summed E-state index contributed by atoms with van der Waals surface area (Å²) in [5, 5.41) is 6.45. The van der Waals surface area contributed by atoms with Gasteiger partial charge >= 0.3 is 0 Å². The Balaban J connectivity index is 2.14. The second kappa shape index (κ2) is 3.17. The molecule has 1 fully saturated rings. The van der Waals surface area contributed by atoms with Crippen LogP contribution in [0.15, 0.2) is 15.3 Å². The van der Waals surface area contributed by atoms with Gasteiger partial charge in [-0.25, -0.2) is 0 Å². The van der Waals surface area contributed by atoms with E-state index in [2.05, 4.69) is 15.3 Å². The molecule has 9 heavy (non-hydrogen) atoms. The lowest BCUT2D eigenvalue weighted by atomic mass is 9.94. The molecule has 0 aromatic carbocycles. The minimum Gasteiger partial charge on any atom is -0.305 e. The van der Waals surface area contributed by atoms with Crippen LogP contribution in [0.1, 0.15) is 19.3 Å². The lowest BCUT2D eigenvalue weighted by molar-refractivity contribution is 0.421. The van der Waals surface area contributed by atoms with Crippen LogP contribution in [-0.4, -0.2) is 12.4 Å². The molecule has 0 amide bonds. The van der Waals surface area contributed by atoms with Crippen LogP contribution in [0.25, 0.3) is 0 Å². The average Bonchev–Trinajstić information content (AvgIpc) is 1.76. The molecule has 0 bridgehead atoms. The number of hydrogen-bond donors (Lipinski definition) is 1. The van der Waals surface area contributed by atoms with Gasteiger partial charge in [-0.3, -0.25) is 4.99 Å². The van der Waals surface area contributed by atoms with Crippen molar-refractivity contribution in [1.82, 2.24) is 0 Å². The zero-order valence-corrected chi connectivity index (χ0v) is 5.20. The molecule has 0 spiro atoms. The standard InChI is InChI=1S/C5H10N4/c6-9-8-4-7-5-2-1-3-5/h4-5H,1-3H2,(H2,6,7,8). The minimum atomic E-state index is 0.496. The first-order valence-corrected chi connectivity index (χ1v) is 3.05. The Labute approximate surface area is 53.8 Å². The predicted octanol–water partition coefficient (Wildman–Crippen LogP) is 0.893. The highest BCUT2D eigenvalue weighted by Crippen LogP contribution is 2.21. The van der Waals surface area contributed by atoms with Crippen molar-refractivity contribution < 1.29 is 0 Å². The summed E-state index contributed by atoms with van der Waals surface area (Å²) in [7, 11) is 0. The Hall–Kier alpha value is -0.930. The van der Waals surface area contributed by atoms with Gasteiger partial charge in [0, 0.05) is 0 Å². The number of aliphatic imine (C=N–C) groups is 1. The fourth-order valence-corrected chi connectivity index (χ4v) is 0.690. The average molecular weight is 126 g/mol. The van der Waals surface area contributed by atoms with E-state index in [4.69, 9.17) is 5.84 Å². The van der Waals surface area contributed by atoms with E-state index in [1.807, 2.05) is 0 Å². The van der Waals surface area contributed by atoms with Crippen molar-refractivity contribution in [3.8, 4) is 0 Å². The second-order valence-corrected chi connectivity index (χ2v) is 2.08. The first kappa shape index (κ1) is 6.19. The van der Waals surface area contributed by atoms with Crippen LogP contribution in [0.3, 0.4) is 0 Å². The molecule has 0 atom stereocenters. The number of rotatable bonds is 2. The summed E-state index contributed by atoms with van der Waals surface area (Å²) in [6, 6.07) is 0.496. The molecule has 50 valence electrons. The summed E-state index contributed by atoms with van der Waals surface area (Å²) < 4.78 is 0. The molecule has 0 unspecified atom stereocenters. The summed E-state index contributed by atoms with van der Waals surface area (Å²) in [4.78, 5) is 4.05. The van der Waals surface area contributed by atoms with Crippen LogP contribution in [-0.2, 0) is 0 Å². The normalized spacial score (nSPS) is 21.3. The van der Waals surface area contributed by atoms with Gasteiger partial charge in [0.25, 0.3) is 0 Å². The highest BCUT2D eigenvalue weighted by molar-refractivity contribution is 5.54. The van der Waals surface area contributed by atoms with Crippen molar-refractivity contribution in [1.29, 1.82) is 0 Å². The molecular weight excluding hydrogens is 116 g/mol. The van der Waals surface area contributed by atoms with E-state index in [0.29, 0.717) is 6.04 Å². The smallest absolute Gasteiger partial charge is 0.134 e. The molecule has 0 aromatic rings. The number of nitrogens with two attached hydrogens (primary N) is 1. The van der Waals surface area contributed by atoms with Crippen LogP contribution in [0, 0.1) is 0 Å². The maximum absolute atomic E-state index is 4.74. The van der Waals surface area contributed by atoms with E-state index < -0.39 is 0 Å². The Morgan fingerprint density at radius 2 is 2.22 bits per heavy atom. The lowest BCUT2D eigenvalue weighted by Gasteiger charge is -2.19. The van der Waals surface area contributed by atoms with Gasteiger partial charge in [0.2, 0.25) is 0 Å². The lowest BCUT2D eigenvalue weighted by Crippen LogP contribution is -2.14. The van der Waals surface area contributed by atoms with E-state index in [-0.39, 0.29) is 0 Å². The zero-order chi connectivity index (χ0) is 6.53. The van der Waals surface area contributed by atoms with Crippen LogP contribution in [0.4, 0.5) is 0 Å². The quantitative estimate of drug-likeness (QED) is 0.193. The molecule has 4 nitrogen and oxygen atoms in total. The summed E-state index contributed by atoms with van der Waals surface area (Å²) in [5.74, 6) is 4.74. The highest BCUT2D eigenvalue weighted by Gasteiger charge is 2.14. The monoisotopic (exact) mass is 126 g/mol. The summed E-state index contributed by atoms with van der Waals surface area (Å²) >= 11 is 0. The van der Waals surface area contributed by atoms with E-state index >= 15 is 0 Å². The molecular formula is C5H10N4. The van der Waals surface area contributed by atoms with E-state index in [1.165, 1.54) is 25.6 Å². The van der Waals surface area contributed by atoms with Crippen molar-refractivity contribution >= 4 is 6.34 Å².